The highest BCUT2D eigenvalue weighted by atomic mass is 16.2. The summed E-state index contributed by atoms with van der Waals surface area (Å²) in [6.45, 7) is 0. The summed E-state index contributed by atoms with van der Waals surface area (Å²) in [5, 5.41) is 0. The fourth-order valence-corrected chi connectivity index (χ4v) is 0.379. The van der Waals surface area contributed by atoms with Crippen LogP contribution >= 0.6 is 0 Å². The van der Waals surface area contributed by atoms with Crippen LogP contribution in [0.15, 0.2) is 0 Å². The van der Waals surface area contributed by atoms with Gasteiger partial charge >= 0.3 is 0 Å². The third-order valence-electron chi connectivity index (χ3n) is 0.848. The summed E-state index contributed by atoms with van der Waals surface area (Å²) in [5.74, 6) is -1.61. The standard InChI is InChI=1S/C6H6O4/c7-3-1-5(9)6(10)2-4-8/h3-4H,1-2H2. The van der Waals surface area contributed by atoms with E-state index in [0.29, 0.717) is 12.6 Å². The maximum absolute atomic E-state index is 10.4. The molecule has 0 radical (unpaired) electrons. The molecular weight excluding hydrogens is 136 g/mol. The van der Waals surface area contributed by atoms with E-state index in [1.54, 1.807) is 0 Å². The Morgan fingerprint density at radius 1 is 0.900 bits per heavy atom. The first-order valence-electron chi connectivity index (χ1n) is 2.65. The molecule has 0 bridgehead atoms. The molecule has 0 aliphatic heterocycles. The van der Waals surface area contributed by atoms with Crippen molar-refractivity contribution in [3.8, 4) is 0 Å². The SMILES string of the molecule is O=CCC(=O)C(=O)CC=O. The molecule has 4 heteroatoms. The lowest BCUT2D eigenvalue weighted by Gasteiger charge is -1.86. The van der Waals surface area contributed by atoms with Crippen LogP contribution in [0.5, 0.6) is 0 Å². The average Bonchev–Trinajstić information content (AvgIpc) is 1.89. The van der Waals surface area contributed by atoms with Crippen LogP contribution in [0.2, 0.25) is 0 Å². The molecule has 0 aliphatic carbocycles. The summed E-state index contributed by atoms with van der Waals surface area (Å²) in [6.07, 6.45) is -0.171. The highest BCUT2D eigenvalue weighted by Crippen LogP contribution is 1.84. The van der Waals surface area contributed by atoms with E-state index in [1.807, 2.05) is 0 Å². The quantitative estimate of drug-likeness (QED) is 0.289. The summed E-state index contributed by atoms with van der Waals surface area (Å²) in [7, 11) is 0. The molecule has 0 fully saturated rings. The smallest absolute Gasteiger partial charge is 0.205 e. The van der Waals surface area contributed by atoms with Crippen molar-refractivity contribution in [3.63, 3.8) is 0 Å². The Balaban J connectivity index is 3.81. The van der Waals surface area contributed by atoms with Gasteiger partial charge in [-0.1, -0.05) is 0 Å². The van der Waals surface area contributed by atoms with Gasteiger partial charge < -0.3 is 9.59 Å². The van der Waals surface area contributed by atoms with Gasteiger partial charge in [-0.05, 0) is 0 Å². The Bertz CT molecular complexity index is 151. The number of ketones is 2. The summed E-state index contributed by atoms with van der Waals surface area (Å²) in [6, 6.07) is 0. The Hall–Kier alpha value is -1.32. The van der Waals surface area contributed by atoms with Crippen LogP contribution in [-0.4, -0.2) is 24.1 Å². The van der Waals surface area contributed by atoms with Crippen molar-refractivity contribution in [1.29, 1.82) is 0 Å². The van der Waals surface area contributed by atoms with E-state index >= 15 is 0 Å². The lowest BCUT2D eigenvalue weighted by Crippen LogP contribution is -2.13. The van der Waals surface area contributed by atoms with Gasteiger partial charge in [0.1, 0.15) is 12.6 Å². The first-order valence-corrected chi connectivity index (χ1v) is 2.65. The molecular formula is C6H6O4. The monoisotopic (exact) mass is 142 g/mol. The van der Waals surface area contributed by atoms with Crippen molar-refractivity contribution in [2.45, 2.75) is 12.8 Å². The number of carbonyl (C=O) groups is 4. The minimum atomic E-state index is -0.804. The van der Waals surface area contributed by atoms with Gasteiger partial charge in [0.05, 0.1) is 12.8 Å². The number of hydrogen-bond acceptors (Lipinski definition) is 4. The molecule has 0 atom stereocenters. The topological polar surface area (TPSA) is 68.3 Å². The van der Waals surface area contributed by atoms with Crippen molar-refractivity contribution in [3.05, 3.63) is 0 Å². The molecule has 0 N–H and O–H groups in total. The van der Waals surface area contributed by atoms with Crippen LogP contribution in [0.3, 0.4) is 0 Å². The number of Topliss-reactive ketones (excluding diaryl/α,β-unsaturated/α-hetero) is 2. The van der Waals surface area contributed by atoms with E-state index in [4.69, 9.17) is 0 Å². The summed E-state index contributed by atoms with van der Waals surface area (Å²) >= 11 is 0. The van der Waals surface area contributed by atoms with Gasteiger partial charge in [-0.25, -0.2) is 0 Å². The van der Waals surface area contributed by atoms with Gasteiger partial charge in [-0.15, -0.1) is 0 Å². The molecule has 0 heterocycles. The van der Waals surface area contributed by atoms with Crippen LogP contribution in [0, 0.1) is 0 Å². The van der Waals surface area contributed by atoms with Crippen molar-refractivity contribution in [2.75, 3.05) is 0 Å². The van der Waals surface area contributed by atoms with E-state index in [1.165, 1.54) is 0 Å². The second kappa shape index (κ2) is 4.55. The van der Waals surface area contributed by atoms with Gasteiger partial charge in [0.25, 0.3) is 0 Å². The van der Waals surface area contributed by atoms with Crippen molar-refractivity contribution in [1.82, 2.24) is 0 Å². The van der Waals surface area contributed by atoms with Crippen molar-refractivity contribution in [2.24, 2.45) is 0 Å². The van der Waals surface area contributed by atoms with E-state index in [0.717, 1.165) is 0 Å². The highest BCUT2D eigenvalue weighted by Gasteiger charge is 2.10. The Kier molecular flexibility index (Phi) is 3.95. The Morgan fingerprint density at radius 2 is 1.20 bits per heavy atom. The number of rotatable bonds is 5. The van der Waals surface area contributed by atoms with E-state index in [2.05, 4.69) is 0 Å². The zero-order valence-electron chi connectivity index (χ0n) is 5.20. The molecule has 0 unspecified atom stereocenters. The van der Waals surface area contributed by atoms with E-state index in [9.17, 15) is 19.2 Å². The molecule has 0 aliphatic rings. The molecule has 4 nitrogen and oxygen atoms in total. The van der Waals surface area contributed by atoms with E-state index < -0.39 is 24.4 Å². The predicted molar refractivity (Wildman–Crippen MR) is 31.4 cm³/mol. The summed E-state index contributed by atoms with van der Waals surface area (Å²) < 4.78 is 0. The van der Waals surface area contributed by atoms with Gasteiger partial charge in [-0.2, -0.15) is 0 Å². The van der Waals surface area contributed by atoms with E-state index in [-0.39, 0.29) is 0 Å². The fourth-order valence-electron chi connectivity index (χ4n) is 0.379. The third-order valence-corrected chi connectivity index (χ3v) is 0.848. The van der Waals surface area contributed by atoms with Gasteiger partial charge in [0.15, 0.2) is 0 Å². The van der Waals surface area contributed by atoms with Gasteiger partial charge in [0, 0.05) is 0 Å². The first-order chi connectivity index (χ1) is 4.72. The molecule has 0 aromatic rings. The molecule has 0 aromatic heterocycles. The van der Waals surface area contributed by atoms with Crippen molar-refractivity contribution < 1.29 is 19.2 Å². The minimum absolute atomic E-state index is 0.338. The van der Waals surface area contributed by atoms with Gasteiger partial charge in [-0.3, -0.25) is 9.59 Å². The molecule has 0 saturated carbocycles. The predicted octanol–water partition coefficient (Wildman–Crippen LogP) is -0.697. The second-order valence-corrected chi connectivity index (χ2v) is 1.59. The van der Waals surface area contributed by atoms with Crippen LogP contribution < -0.4 is 0 Å². The molecule has 0 spiro atoms. The number of hydrogen-bond donors (Lipinski definition) is 0. The zero-order valence-corrected chi connectivity index (χ0v) is 5.20. The molecule has 54 valence electrons. The zero-order chi connectivity index (χ0) is 7.98. The highest BCUT2D eigenvalue weighted by molar-refractivity contribution is 6.41. The number of carbonyl (C=O) groups excluding carboxylic acids is 4. The van der Waals surface area contributed by atoms with Crippen LogP contribution in [0.1, 0.15) is 12.8 Å². The Morgan fingerprint density at radius 3 is 1.40 bits per heavy atom. The summed E-state index contributed by atoms with van der Waals surface area (Å²) in [4.78, 5) is 40.1. The maximum atomic E-state index is 10.4. The van der Waals surface area contributed by atoms with Crippen LogP contribution in [0.4, 0.5) is 0 Å². The van der Waals surface area contributed by atoms with Crippen LogP contribution in [0.25, 0.3) is 0 Å². The lowest BCUT2D eigenvalue weighted by molar-refractivity contribution is -0.138. The second-order valence-electron chi connectivity index (χ2n) is 1.59. The summed E-state index contributed by atoms with van der Waals surface area (Å²) in [5.41, 5.74) is 0. The third kappa shape index (κ3) is 2.86. The minimum Gasteiger partial charge on any atom is -0.303 e. The molecule has 0 aromatic carbocycles. The first kappa shape index (κ1) is 8.68. The normalized spacial score (nSPS) is 8.40. The number of aldehydes is 2. The fraction of sp³-hybridized carbons (Fsp3) is 0.333. The molecule has 10 heavy (non-hydrogen) atoms. The Labute approximate surface area is 57.2 Å². The van der Waals surface area contributed by atoms with Crippen LogP contribution in [-0.2, 0) is 19.2 Å². The largest absolute Gasteiger partial charge is 0.303 e. The van der Waals surface area contributed by atoms with Crippen molar-refractivity contribution >= 4 is 24.1 Å². The average molecular weight is 142 g/mol. The maximum Gasteiger partial charge on any atom is 0.205 e. The molecule has 0 saturated heterocycles. The molecule has 0 amide bonds. The molecule has 0 rings (SSSR count). The van der Waals surface area contributed by atoms with Gasteiger partial charge in [0.2, 0.25) is 11.6 Å². The lowest BCUT2D eigenvalue weighted by atomic mass is 10.2.